The summed E-state index contributed by atoms with van der Waals surface area (Å²) in [6, 6.07) is 14.2. The molecule has 3 rings (SSSR count). The van der Waals surface area contributed by atoms with E-state index in [9.17, 15) is 5.26 Å². The zero-order chi connectivity index (χ0) is 25.1. The second-order valence-corrected chi connectivity index (χ2v) is 14.8. The lowest BCUT2D eigenvalue weighted by Crippen LogP contribution is -2.42. The predicted octanol–water partition coefficient (Wildman–Crippen LogP) is 6.62. The first-order valence-electron chi connectivity index (χ1n) is 10.9. The number of hydrogen-bond donors (Lipinski definition) is 1. The minimum atomic E-state index is -2.05. The molecule has 1 heterocycles. The molecule has 0 amide bonds. The first-order valence-corrected chi connectivity index (χ1v) is 14.2. The average molecular weight is 494 g/mol. The van der Waals surface area contributed by atoms with Gasteiger partial charge in [-0.15, -0.1) is 10.2 Å². The molecule has 1 N–H and O–H groups in total. The number of rotatable bonds is 7. The Kier molecular flexibility index (Phi) is 7.47. The van der Waals surface area contributed by atoms with Crippen molar-refractivity contribution in [1.29, 1.82) is 10.5 Å². The van der Waals surface area contributed by atoms with Crippen molar-refractivity contribution in [2.45, 2.75) is 51.9 Å². The van der Waals surface area contributed by atoms with Gasteiger partial charge in [-0.1, -0.05) is 32.4 Å². The van der Waals surface area contributed by atoms with E-state index in [4.69, 9.17) is 25.7 Å². The summed E-state index contributed by atoms with van der Waals surface area (Å²) in [5.41, 5.74) is 3.20. The summed E-state index contributed by atoms with van der Waals surface area (Å²) in [5.74, 6) is 0.728. The van der Waals surface area contributed by atoms with Gasteiger partial charge in [-0.25, -0.2) is 0 Å². The third-order valence-electron chi connectivity index (χ3n) is 6.25. The van der Waals surface area contributed by atoms with Gasteiger partial charge >= 0.3 is 0 Å². The molecular weight excluding hydrogens is 466 g/mol. The second-order valence-electron chi connectivity index (χ2n) is 9.61. The minimum Gasteiger partial charge on any atom is -0.418 e. The van der Waals surface area contributed by atoms with Crippen molar-refractivity contribution in [3.8, 4) is 23.6 Å². The van der Waals surface area contributed by atoms with Gasteiger partial charge in [0.15, 0.2) is 8.32 Å². The average Bonchev–Trinajstić information content (AvgIpc) is 3.29. The Morgan fingerprint density at radius 3 is 2.35 bits per heavy atom. The Hall–Kier alpha value is -3.17. The van der Waals surface area contributed by atoms with Gasteiger partial charge < -0.3 is 14.2 Å². The van der Waals surface area contributed by atoms with E-state index in [1.807, 2.05) is 13.0 Å². The van der Waals surface area contributed by atoms with E-state index >= 15 is 0 Å². The van der Waals surface area contributed by atoms with Crippen molar-refractivity contribution in [2.24, 2.45) is 0 Å². The van der Waals surface area contributed by atoms with Crippen LogP contribution in [0.5, 0.6) is 0 Å². The Balaban J connectivity index is 1.94. The molecule has 1 aromatic heterocycles. The summed E-state index contributed by atoms with van der Waals surface area (Å²) in [4.78, 5) is 0. The Morgan fingerprint density at radius 1 is 1.09 bits per heavy atom. The maximum atomic E-state index is 9.27. The predicted molar refractivity (Wildman–Crippen MR) is 135 cm³/mol. The molecule has 0 aliphatic heterocycles. The topological polar surface area (TPSA) is 108 Å². The van der Waals surface area contributed by atoms with Crippen LogP contribution in [0.15, 0.2) is 40.8 Å². The van der Waals surface area contributed by atoms with Crippen LogP contribution < -0.4 is 5.32 Å². The third-order valence-corrected chi connectivity index (χ3v) is 11.2. The Bertz CT molecular complexity index is 1250. The fourth-order valence-electron chi connectivity index (χ4n) is 2.98. The summed E-state index contributed by atoms with van der Waals surface area (Å²) in [5, 5.41) is 30.7. The van der Waals surface area contributed by atoms with Crippen molar-refractivity contribution in [2.75, 3.05) is 11.9 Å². The van der Waals surface area contributed by atoms with Gasteiger partial charge in [-0.3, -0.25) is 0 Å². The lowest BCUT2D eigenvalue weighted by molar-refractivity contribution is 0.256. The van der Waals surface area contributed by atoms with Gasteiger partial charge in [-0.2, -0.15) is 10.5 Å². The van der Waals surface area contributed by atoms with Gasteiger partial charge in [0, 0.05) is 11.3 Å². The smallest absolute Gasteiger partial charge is 0.247 e. The molecule has 176 valence electrons. The van der Waals surface area contributed by atoms with Crippen LogP contribution >= 0.6 is 11.6 Å². The highest BCUT2D eigenvalue weighted by molar-refractivity contribution is 6.74. The molecule has 0 bridgehead atoms. The van der Waals surface area contributed by atoms with Gasteiger partial charge in [0.2, 0.25) is 11.8 Å². The molecule has 2 aromatic carbocycles. The number of nitrogens with zero attached hydrogens (tertiary/aromatic N) is 4. The first kappa shape index (κ1) is 25.4. The van der Waals surface area contributed by atoms with Crippen LogP contribution in [-0.4, -0.2) is 25.1 Å². The van der Waals surface area contributed by atoms with E-state index in [1.54, 1.807) is 30.3 Å². The molecule has 1 atom stereocenters. The van der Waals surface area contributed by atoms with E-state index in [0.717, 1.165) is 16.8 Å². The normalized spacial score (nSPS) is 12.6. The summed E-state index contributed by atoms with van der Waals surface area (Å²) in [6.45, 7) is 13.1. The summed E-state index contributed by atoms with van der Waals surface area (Å²) >= 11 is 6.39. The Morgan fingerprint density at radius 2 is 1.76 bits per heavy atom. The van der Waals surface area contributed by atoms with E-state index in [2.05, 4.69) is 61.5 Å². The van der Waals surface area contributed by atoms with Gasteiger partial charge in [0.05, 0.1) is 28.8 Å². The maximum absolute atomic E-state index is 9.27. The lowest BCUT2D eigenvalue weighted by Gasteiger charge is -2.37. The SMILES string of the molecule is Cc1c(NC(CO[Si](C)(C)C(C)(C)C)c2nnc(-c3ccc(C#N)cc3)o2)ccc(C#N)c1Cl. The number of halogens is 1. The van der Waals surface area contributed by atoms with E-state index in [1.165, 1.54) is 0 Å². The van der Waals surface area contributed by atoms with Gasteiger partial charge in [-0.05, 0) is 67.0 Å². The maximum Gasteiger partial charge on any atom is 0.247 e. The van der Waals surface area contributed by atoms with E-state index < -0.39 is 14.4 Å². The van der Waals surface area contributed by atoms with Crippen molar-refractivity contribution < 1.29 is 8.84 Å². The fourth-order valence-corrected chi connectivity index (χ4v) is 4.20. The zero-order valence-corrected chi connectivity index (χ0v) is 22.0. The standard InChI is InChI=1S/C25H28ClN5O2Si/c1-16-20(12-11-19(14-28)22(16)26)29-21(15-32-34(5,6)25(2,3)4)24-31-30-23(33-24)18-9-7-17(13-27)8-10-18/h7-12,21,29H,15H2,1-6H3. The fraction of sp³-hybridized carbons (Fsp3) is 0.360. The molecule has 0 aliphatic rings. The third kappa shape index (κ3) is 5.48. The molecule has 0 saturated heterocycles. The van der Waals surface area contributed by atoms with Crippen LogP contribution in [0.3, 0.4) is 0 Å². The second kappa shape index (κ2) is 9.98. The molecule has 9 heteroatoms. The Labute approximate surface area is 206 Å². The van der Waals surface area contributed by atoms with Crippen LogP contribution in [0.2, 0.25) is 23.2 Å². The highest BCUT2D eigenvalue weighted by Gasteiger charge is 2.38. The first-order chi connectivity index (χ1) is 16.0. The van der Waals surface area contributed by atoms with Crippen molar-refractivity contribution in [3.05, 3.63) is 64.0 Å². The highest BCUT2D eigenvalue weighted by atomic mass is 35.5. The number of nitriles is 2. The number of anilines is 1. The summed E-state index contributed by atoms with van der Waals surface area (Å²) in [7, 11) is -2.05. The van der Waals surface area contributed by atoms with Crippen molar-refractivity contribution >= 4 is 25.6 Å². The molecule has 0 fully saturated rings. The van der Waals surface area contributed by atoms with E-state index in [-0.39, 0.29) is 5.04 Å². The molecule has 7 nitrogen and oxygen atoms in total. The lowest BCUT2D eigenvalue weighted by atomic mass is 10.1. The largest absolute Gasteiger partial charge is 0.418 e. The molecule has 0 spiro atoms. The molecule has 34 heavy (non-hydrogen) atoms. The summed E-state index contributed by atoms with van der Waals surface area (Å²) < 4.78 is 12.5. The van der Waals surface area contributed by atoms with Crippen LogP contribution in [0.25, 0.3) is 11.5 Å². The highest BCUT2D eigenvalue weighted by Crippen LogP contribution is 2.38. The van der Waals surface area contributed by atoms with Crippen LogP contribution in [0.1, 0.15) is 49.4 Å². The van der Waals surface area contributed by atoms with Crippen LogP contribution in [0, 0.1) is 29.6 Å². The zero-order valence-electron chi connectivity index (χ0n) is 20.2. The summed E-state index contributed by atoms with van der Waals surface area (Å²) in [6.07, 6.45) is 0. The van der Waals surface area contributed by atoms with Crippen LogP contribution in [-0.2, 0) is 4.43 Å². The van der Waals surface area contributed by atoms with Crippen molar-refractivity contribution in [3.63, 3.8) is 0 Å². The number of benzene rings is 2. The molecule has 0 radical (unpaired) electrons. The minimum absolute atomic E-state index is 0.0354. The van der Waals surface area contributed by atoms with E-state index in [0.29, 0.717) is 34.5 Å². The molecule has 3 aromatic rings. The molecule has 0 saturated carbocycles. The quantitative estimate of drug-likeness (QED) is 0.368. The number of nitrogens with one attached hydrogen (secondary N) is 1. The van der Waals surface area contributed by atoms with Crippen LogP contribution in [0.4, 0.5) is 5.69 Å². The van der Waals surface area contributed by atoms with Gasteiger partial charge in [0.25, 0.3) is 0 Å². The molecule has 0 aliphatic carbocycles. The molecular formula is C25H28ClN5O2Si. The monoisotopic (exact) mass is 493 g/mol. The van der Waals surface area contributed by atoms with Crippen molar-refractivity contribution in [1.82, 2.24) is 10.2 Å². The van der Waals surface area contributed by atoms with Gasteiger partial charge in [0.1, 0.15) is 12.1 Å². The number of hydrogen-bond acceptors (Lipinski definition) is 7. The molecule has 1 unspecified atom stereocenters. The number of aromatic nitrogens is 2.